The quantitative estimate of drug-likeness (QED) is 0.785. The number of aryl methyl sites for hydroxylation is 1. The van der Waals surface area contributed by atoms with Gasteiger partial charge in [0.15, 0.2) is 17.5 Å². The Hall–Kier alpha value is -2.83. The molecule has 0 saturated heterocycles. The summed E-state index contributed by atoms with van der Waals surface area (Å²) in [7, 11) is 0. The smallest absolute Gasteiger partial charge is 0.247 e. The number of hydrogen-bond donors (Lipinski definition) is 0. The van der Waals surface area contributed by atoms with Crippen LogP contribution in [-0.4, -0.2) is 24.9 Å². The van der Waals surface area contributed by atoms with Crippen molar-refractivity contribution in [3.05, 3.63) is 59.4 Å². The molecule has 0 aromatic heterocycles. The predicted molar refractivity (Wildman–Crippen MR) is 91.5 cm³/mol. The van der Waals surface area contributed by atoms with Crippen molar-refractivity contribution in [2.24, 2.45) is 0 Å². The third-order valence-electron chi connectivity index (χ3n) is 4.39. The van der Waals surface area contributed by atoms with Crippen LogP contribution in [0.5, 0.6) is 0 Å². The third kappa shape index (κ3) is 3.29. The summed E-state index contributed by atoms with van der Waals surface area (Å²) in [6.07, 6.45) is 1.61. The summed E-state index contributed by atoms with van der Waals surface area (Å²) < 4.78 is 40.7. The fraction of sp³-hybridized carbons (Fsp3) is 0.263. The van der Waals surface area contributed by atoms with E-state index < -0.39 is 41.5 Å². The molecule has 2 amide bonds. The molecule has 0 saturated carbocycles. The van der Waals surface area contributed by atoms with Crippen LogP contribution in [-0.2, 0) is 16.0 Å². The second-order valence-electron chi connectivity index (χ2n) is 6.08. The highest BCUT2D eigenvalue weighted by atomic mass is 19.2. The minimum Gasteiger partial charge on any atom is -0.311 e. The summed E-state index contributed by atoms with van der Waals surface area (Å²) in [5.41, 5.74) is 1.30. The van der Waals surface area contributed by atoms with Crippen molar-refractivity contribution < 1.29 is 22.8 Å². The van der Waals surface area contributed by atoms with E-state index in [9.17, 15) is 22.8 Å². The summed E-state index contributed by atoms with van der Waals surface area (Å²) in [6, 6.07) is 9.10. The van der Waals surface area contributed by atoms with Crippen molar-refractivity contribution in [3.63, 3.8) is 0 Å². The van der Waals surface area contributed by atoms with Crippen molar-refractivity contribution in [1.29, 1.82) is 0 Å². The largest absolute Gasteiger partial charge is 0.311 e. The van der Waals surface area contributed by atoms with Gasteiger partial charge in [-0.05, 0) is 36.6 Å². The Morgan fingerprint density at radius 2 is 1.81 bits per heavy atom. The molecule has 0 atom stereocenters. The molecule has 4 nitrogen and oxygen atoms in total. The molecule has 0 spiro atoms. The van der Waals surface area contributed by atoms with E-state index in [0.717, 1.165) is 48.0 Å². The Labute approximate surface area is 148 Å². The molecule has 0 radical (unpaired) electrons. The highest BCUT2D eigenvalue weighted by Crippen LogP contribution is 2.28. The normalized spacial score (nSPS) is 13.3. The summed E-state index contributed by atoms with van der Waals surface area (Å²) in [5, 5.41) is 0. The molecule has 1 aliphatic heterocycles. The molecule has 1 aliphatic rings. The average molecular weight is 362 g/mol. The van der Waals surface area contributed by atoms with Crippen LogP contribution in [0.25, 0.3) is 0 Å². The zero-order valence-electron chi connectivity index (χ0n) is 14.1. The van der Waals surface area contributed by atoms with Gasteiger partial charge in [-0.25, -0.2) is 13.2 Å². The van der Waals surface area contributed by atoms with Crippen LogP contribution < -0.4 is 9.80 Å². The number of carbonyl (C=O) groups is 2. The highest BCUT2D eigenvalue weighted by Gasteiger charge is 2.27. The van der Waals surface area contributed by atoms with Crippen molar-refractivity contribution in [1.82, 2.24) is 0 Å². The molecule has 26 heavy (non-hydrogen) atoms. The number of carbonyl (C=O) groups excluding carboxylic acids is 2. The molecule has 1 heterocycles. The summed E-state index contributed by atoms with van der Waals surface area (Å²) in [6.45, 7) is 1.14. The van der Waals surface area contributed by atoms with E-state index in [1.54, 1.807) is 0 Å². The van der Waals surface area contributed by atoms with Gasteiger partial charge < -0.3 is 9.80 Å². The first-order valence-electron chi connectivity index (χ1n) is 8.20. The van der Waals surface area contributed by atoms with Crippen LogP contribution in [0.3, 0.4) is 0 Å². The van der Waals surface area contributed by atoms with Gasteiger partial charge >= 0.3 is 0 Å². The maximum Gasteiger partial charge on any atom is 0.247 e. The molecule has 0 aliphatic carbocycles. The number of rotatable bonds is 3. The number of amides is 2. The number of fused-ring (bicyclic) bond motifs is 1. The fourth-order valence-corrected chi connectivity index (χ4v) is 3.10. The lowest BCUT2D eigenvalue weighted by atomic mass is 10.0. The van der Waals surface area contributed by atoms with E-state index in [2.05, 4.69) is 0 Å². The number of para-hydroxylation sites is 1. The van der Waals surface area contributed by atoms with Gasteiger partial charge in [0, 0.05) is 19.2 Å². The van der Waals surface area contributed by atoms with Gasteiger partial charge in [0.05, 0.1) is 5.69 Å². The van der Waals surface area contributed by atoms with E-state index in [0.29, 0.717) is 6.54 Å². The van der Waals surface area contributed by atoms with Gasteiger partial charge in [-0.2, -0.15) is 0 Å². The minimum absolute atomic E-state index is 0.420. The number of nitrogens with zero attached hydrogens (tertiary/aromatic N) is 2. The van der Waals surface area contributed by atoms with Gasteiger partial charge in [0.2, 0.25) is 11.8 Å². The first-order valence-corrected chi connectivity index (χ1v) is 8.20. The molecular formula is C19H17F3N2O2. The van der Waals surface area contributed by atoms with Gasteiger partial charge in [0.1, 0.15) is 6.54 Å². The van der Waals surface area contributed by atoms with Crippen molar-refractivity contribution >= 4 is 23.2 Å². The van der Waals surface area contributed by atoms with Crippen LogP contribution >= 0.6 is 0 Å². The lowest BCUT2D eigenvalue weighted by Crippen LogP contribution is -2.44. The first-order chi connectivity index (χ1) is 12.4. The zero-order chi connectivity index (χ0) is 18.8. The topological polar surface area (TPSA) is 40.6 Å². The minimum atomic E-state index is -1.68. The summed E-state index contributed by atoms with van der Waals surface area (Å²) in [4.78, 5) is 27.0. The van der Waals surface area contributed by atoms with Crippen LogP contribution in [0, 0.1) is 17.5 Å². The number of halogens is 3. The lowest BCUT2D eigenvalue weighted by molar-refractivity contribution is -0.121. The molecule has 2 aromatic rings. The van der Waals surface area contributed by atoms with Crippen LogP contribution in [0.15, 0.2) is 36.4 Å². The fourth-order valence-electron chi connectivity index (χ4n) is 3.10. The highest BCUT2D eigenvalue weighted by molar-refractivity contribution is 6.03. The second-order valence-corrected chi connectivity index (χ2v) is 6.08. The van der Waals surface area contributed by atoms with E-state index in [4.69, 9.17) is 0 Å². The Morgan fingerprint density at radius 3 is 2.54 bits per heavy atom. The van der Waals surface area contributed by atoms with Gasteiger partial charge in [-0.15, -0.1) is 0 Å². The molecule has 0 bridgehead atoms. The van der Waals surface area contributed by atoms with E-state index in [1.807, 2.05) is 24.3 Å². The monoisotopic (exact) mass is 362 g/mol. The Morgan fingerprint density at radius 1 is 1.08 bits per heavy atom. The summed E-state index contributed by atoms with van der Waals surface area (Å²) in [5.74, 6) is -5.59. The van der Waals surface area contributed by atoms with Gasteiger partial charge in [-0.1, -0.05) is 18.2 Å². The molecule has 3 rings (SSSR count). The standard InChI is InChI=1S/C19H17F3N2O2/c1-12(25)24(16-9-8-14(20)18(21)19(16)22)11-17(26)23-10-4-6-13-5-2-3-7-15(13)23/h2-3,5,7-9H,4,6,10-11H2,1H3. The SMILES string of the molecule is CC(=O)N(CC(=O)N1CCCc2ccccc21)c1ccc(F)c(F)c1F. The Bertz CT molecular complexity index is 870. The maximum absolute atomic E-state index is 14.1. The summed E-state index contributed by atoms with van der Waals surface area (Å²) >= 11 is 0. The third-order valence-corrected chi connectivity index (χ3v) is 4.39. The number of hydrogen-bond acceptors (Lipinski definition) is 2. The van der Waals surface area contributed by atoms with Crippen molar-refractivity contribution in [2.75, 3.05) is 22.9 Å². The number of benzene rings is 2. The average Bonchev–Trinajstić information content (AvgIpc) is 2.64. The Kier molecular flexibility index (Phi) is 4.97. The zero-order valence-corrected chi connectivity index (χ0v) is 14.1. The molecule has 0 unspecified atom stereocenters. The van der Waals surface area contributed by atoms with Crippen LogP contribution in [0.4, 0.5) is 24.5 Å². The van der Waals surface area contributed by atoms with Crippen LogP contribution in [0.1, 0.15) is 18.9 Å². The van der Waals surface area contributed by atoms with Crippen molar-refractivity contribution in [3.8, 4) is 0 Å². The predicted octanol–water partition coefficient (Wildman–Crippen LogP) is 3.44. The van der Waals surface area contributed by atoms with E-state index >= 15 is 0 Å². The first kappa shape index (κ1) is 18.0. The van der Waals surface area contributed by atoms with E-state index in [-0.39, 0.29) is 0 Å². The Balaban J connectivity index is 1.89. The molecule has 0 fully saturated rings. The molecule has 2 aromatic carbocycles. The molecular weight excluding hydrogens is 345 g/mol. The molecule has 7 heteroatoms. The van der Waals surface area contributed by atoms with Crippen molar-refractivity contribution in [2.45, 2.75) is 19.8 Å². The van der Waals surface area contributed by atoms with E-state index in [1.165, 1.54) is 4.90 Å². The second kappa shape index (κ2) is 7.19. The number of anilines is 2. The van der Waals surface area contributed by atoms with Gasteiger partial charge in [-0.3, -0.25) is 9.59 Å². The maximum atomic E-state index is 14.1. The molecule has 136 valence electrons. The lowest BCUT2D eigenvalue weighted by Gasteiger charge is -2.31. The molecule has 0 N–H and O–H groups in total. The van der Waals surface area contributed by atoms with Gasteiger partial charge in [0.25, 0.3) is 0 Å². The van der Waals surface area contributed by atoms with Crippen LogP contribution in [0.2, 0.25) is 0 Å².